The molecule has 28 heavy (non-hydrogen) atoms. The van der Waals surface area contributed by atoms with E-state index in [4.69, 9.17) is 4.74 Å². The lowest BCUT2D eigenvalue weighted by atomic mass is 10.1. The Morgan fingerprint density at radius 3 is 2.46 bits per heavy atom. The van der Waals surface area contributed by atoms with Crippen molar-refractivity contribution in [2.45, 2.75) is 44.6 Å². The second-order valence-electron chi connectivity index (χ2n) is 7.19. The molecule has 0 bridgehead atoms. The molecule has 0 aliphatic carbocycles. The molecule has 1 aliphatic heterocycles. The van der Waals surface area contributed by atoms with Crippen molar-refractivity contribution in [3.8, 4) is 5.75 Å². The summed E-state index contributed by atoms with van der Waals surface area (Å²) < 4.78 is 33.0. The third kappa shape index (κ3) is 3.91. The first-order valence-corrected chi connectivity index (χ1v) is 10.7. The van der Waals surface area contributed by atoms with Crippen LogP contribution in [0.1, 0.15) is 29.5 Å². The van der Waals surface area contributed by atoms with Gasteiger partial charge in [0.25, 0.3) is 0 Å². The summed E-state index contributed by atoms with van der Waals surface area (Å²) in [5, 5.41) is 2.87. The quantitative estimate of drug-likeness (QED) is 0.832. The Morgan fingerprint density at radius 1 is 1.07 bits per heavy atom. The lowest BCUT2D eigenvalue weighted by Crippen LogP contribution is -2.43. The Bertz CT molecular complexity index is 1000. The molecule has 1 aliphatic rings. The van der Waals surface area contributed by atoms with Gasteiger partial charge in [-0.3, -0.25) is 4.79 Å². The van der Waals surface area contributed by atoms with Gasteiger partial charge in [0.1, 0.15) is 11.8 Å². The summed E-state index contributed by atoms with van der Waals surface area (Å²) in [6.45, 7) is 6.04. The normalized spacial score (nSPS) is 17.5. The molecule has 1 atom stereocenters. The maximum Gasteiger partial charge on any atom is 0.244 e. The number of carbonyl (C=O) groups excluding carboxylic acids is 1. The first-order chi connectivity index (χ1) is 13.2. The minimum absolute atomic E-state index is 0.178. The zero-order chi connectivity index (χ0) is 20.5. The van der Waals surface area contributed by atoms with E-state index in [-0.39, 0.29) is 10.8 Å². The molecule has 0 aromatic heterocycles. The lowest BCUT2D eigenvalue weighted by Gasteiger charge is -2.24. The fourth-order valence-corrected chi connectivity index (χ4v) is 5.34. The second-order valence-corrected chi connectivity index (χ2v) is 9.05. The summed E-state index contributed by atoms with van der Waals surface area (Å²) >= 11 is 0. The number of sulfonamides is 1. The maximum atomic E-state index is 13.3. The van der Waals surface area contributed by atoms with Gasteiger partial charge in [0.15, 0.2) is 0 Å². The Morgan fingerprint density at radius 2 is 1.79 bits per heavy atom. The van der Waals surface area contributed by atoms with E-state index in [1.165, 1.54) is 17.5 Å². The van der Waals surface area contributed by atoms with Gasteiger partial charge in [-0.2, -0.15) is 4.31 Å². The third-order valence-corrected chi connectivity index (χ3v) is 7.31. The van der Waals surface area contributed by atoms with E-state index >= 15 is 0 Å². The smallest absolute Gasteiger partial charge is 0.244 e. The highest BCUT2D eigenvalue weighted by Crippen LogP contribution is 2.30. The molecule has 150 valence electrons. The molecular weight excluding hydrogens is 376 g/mol. The summed E-state index contributed by atoms with van der Waals surface area (Å²) in [6, 6.07) is 9.90. The van der Waals surface area contributed by atoms with Crippen molar-refractivity contribution in [1.29, 1.82) is 0 Å². The number of hydrogen-bond acceptors (Lipinski definition) is 4. The minimum Gasteiger partial charge on any atom is -0.497 e. The Labute approximate surface area is 166 Å². The van der Waals surface area contributed by atoms with E-state index in [1.807, 2.05) is 32.0 Å². The highest BCUT2D eigenvalue weighted by Gasteiger charge is 2.40. The molecule has 1 N–H and O–H groups in total. The molecule has 0 radical (unpaired) electrons. The molecule has 1 amide bonds. The number of nitrogens with zero attached hydrogens (tertiary/aromatic N) is 1. The zero-order valence-electron chi connectivity index (χ0n) is 16.7. The summed E-state index contributed by atoms with van der Waals surface area (Å²) in [4.78, 5) is 13.0. The summed E-state index contributed by atoms with van der Waals surface area (Å²) in [6.07, 6.45) is 1.15. The predicted octanol–water partition coefficient (Wildman–Crippen LogP) is 3.41. The van der Waals surface area contributed by atoms with Gasteiger partial charge in [0.05, 0.1) is 12.0 Å². The highest BCUT2D eigenvalue weighted by molar-refractivity contribution is 7.89. The molecule has 2 aromatic rings. The first kappa shape index (κ1) is 20.4. The van der Waals surface area contributed by atoms with Crippen LogP contribution >= 0.6 is 0 Å². The molecule has 0 saturated carbocycles. The maximum absolute atomic E-state index is 13.3. The molecule has 3 rings (SSSR count). The van der Waals surface area contributed by atoms with E-state index in [1.54, 1.807) is 19.1 Å². The summed E-state index contributed by atoms with van der Waals surface area (Å²) in [7, 11) is -2.31. The number of carbonyl (C=O) groups is 1. The van der Waals surface area contributed by atoms with E-state index in [9.17, 15) is 13.2 Å². The lowest BCUT2D eigenvalue weighted by molar-refractivity contribution is -0.119. The van der Waals surface area contributed by atoms with E-state index in [2.05, 4.69) is 5.32 Å². The van der Waals surface area contributed by atoms with E-state index < -0.39 is 16.1 Å². The van der Waals surface area contributed by atoms with E-state index in [0.29, 0.717) is 36.4 Å². The first-order valence-electron chi connectivity index (χ1n) is 9.28. The van der Waals surface area contributed by atoms with Crippen LogP contribution in [0.4, 0.5) is 5.69 Å². The van der Waals surface area contributed by atoms with Crippen LogP contribution in [0.2, 0.25) is 0 Å². The standard InChI is InChI=1S/C21H26N2O4S/c1-14-7-9-17(12-16(14)3)22-21(24)19-6-5-11-23(19)28(25,26)20-13-18(27-4)10-8-15(20)2/h7-10,12-13,19H,5-6,11H2,1-4H3,(H,22,24). The topological polar surface area (TPSA) is 75.7 Å². The van der Waals surface area contributed by atoms with Gasteiger partial charge >= 0.3 is 0 Å². The zero-order valence-corrected chi connectivity index (χ0v) is 17.5. The fraction of sp³-hybridized carbons (Fsp3) is 0.381. The molecular formula is C21H26N2O4S. The fourth-order valence-electron chi connectivity index (χ4n) is 3.45. The number of hydrogen-bond donors (Lipinski definition) is 1. The number of anilines is 1. The molecule has 1 heterocycles. The van der Waals surface area contributed by atoms with Crippen LogP contribution in [-0.2, 0) is 14.8 Å². The molecule has 1 saturated heterocycles. The number of rotatable bonds is 5. The van der Waals surface area contributed by atoms with Gasteiger partial charge in [-0.05, 0) is 68.5 Å². The van der Waals surface area contributed by atoms with Crippen molar-refractivity contribution in [2.75, 3.05) is 19.0 Å². The summed E-state index contributed by atoms with van der Waals surface area (Å²) in [5.74, 6) is 0.171. The molecule has 6 nitrogen and oxygen atoms in total. The number of nitrogens with one attached hydrogen (secondary N) is 1. The Hall–Kier alpha value is -2.38. The molecule has 1 unspecified atom stereocenters. The number of benzene rings is 2. The van der Waals surface area contributed by atoms with Crippen LogP contribution in [-0.4, -0.2) is 38.3 Å². The largest absolute Gasteiger partial charge is 0.497 e. The predicted molar refractivity (Wildman–Crippen MR) is 109 cm³/mol. The average Bonchev–Trinajstić information content (AvgIpc) is 3.16. The van der Waals surface area contributed by atoms with Gasteiger partial charge in [-0.15, -0.1) is 0 Å². The highest BCUT2D eigenvalue weighted by atomic mass is 32.2. The van der Waals surface area contributed by atoms with Crippen LogP contribution in [0, 0.1) is 20.8 Å². The van der Waals surface area contributed by atoms with Crippen molar-refractivity contribution in [2.24, 2.45) is 0 Å². The van der Waals surface area contributed by atoms with Crippen LogP contribution in [0.25, 0.3) is 0 Å². The molecule has 1 fully saturated rings. The Balaban J connectivity index is 1.87. The number of ether oxygens (including phenoxy) is 1. The van der Waals surface area contributed by atoms with Crippen LogP contribution in [0.15, 0.2) is 41.3 Å². The number of methoxy groups -OCH3 is 1. The minimum atomic E-state index is -3.81. The molecule has 7 heteroatoms. The van der Waals surface area contributed by atoms with Crippen molar-refractivity contribution < 1.29 is 17.9 Å². The van der Waals surface area contributed by atoms with Crippen LogP contribution in [0.5, 0.6) is 5.75 Å². The number of aryl methyl sites for hydroxylation is 3. The van der Waals surface area contributed by atoms with Crippen LogP contribution in [0.3, 0.4) is 0 Å². The summed E-state index contributed by atoms with van der Waals surface area (Å²) in [5.41, 5.74) is 3.51. The Kier molecular flexibility index (Phi) is 5.76. The average molecular weight is 403 g/mol. The van der Waals surface area contributed by atoms with E-state index in [0.717, 1.165) is 11.1 Å². The van der Waals surface area contributed by atoms with Crippen LogP contribution < -0.4 is 10.1 Å². The second kappa shape index (κ2) is 7.93. The van der Waals surface area contributed by atoms with Crippen molar-refractivity contribution in [1.82, 2.24) is 4.31 Å². The van der Waals surface area contributed by atoms with Crippen molar-refractivity contribution in [3.05, 3.63) is 53.1 Å². The molecule has 2 aromatic carbocycles. The van der Waals surface area contributed by atoms with Gasteiger partial charge in [-0.1, -0.05) is 12.1 Å². The van der Waals surface area contributed by atoms with Crippen molar-refractivity contribution in [3.63, 3.8) is 0 Å². The third-order valence-electron chi connectivity index (χ3n) is 5.26. The van der Waals surface area contributed by atoms with Gasteiger partial charge in [-0.25, -0.2) is 8.42 Å². The van der Waals surface area contributed by atoms with Crippen molar-refractivity contribution >= 4 is 21.6 Å². The monoisotopic (exact) mass is 402 g/mol. The van der Waals surface area contributed by atoms with Gasteiger partial charge in [0, 0.05) is 18.3 Å². The van der Waals surface area contributed by atoms with Gasteiger partial charge in [0.2, 0.25) is 15.9 Å². The SMILES string of the molecule is COc1ccc(C)c(S(=O)(=O)N2CCCC2C(=O)Nc2ccc(C)c(C)c2)c1. The molecule has 0 spiro atoms. The number of amides is 1. The van der Waals surface area contributed by atoms with Gasteiger partial charge < -0.3 is 10.1 Å².